The van der Waals surface area contributed by atoms with Gasteiger partial charge in [-0.25, -0.2) is 9.97 Å². The first-order chi connectivity index (χ1) is 9.22. The lowest BCUT2D eigenvalue weighted by molar-refractivity contribution is 0.388. The molecule has 0 atom stereocenters. The minimum atomic E-state index is 0.326. The van der Waals surface area contributed by atoms with E-state index in [1.54, 1.807) is 12.5 Å². The largest absolute Gasteiger partial charge is 0.370 e. The SMILES string of the molecule is CCNc1ncnc(NCc2ccno2)c1C(C)C. The summed E-state index contributed by atoms with van der Waals surface area (Å²) in [6.07, 6.45) is 3.19. The van der Waals surface area contributed by atoms with Gasteiger partial charge in [0, 0.05) is 18.2 Å². The molecule has 2 aromatic heterocycles. The Morgan fingerprint density at radius 1 is 1.21 bits per heavy atom. The topological polar surface area (TPSA) is 75.9 Å². The van der Waals surface area contributed by atoms with Crippen LogP contribution in [0, 0.1) is 0 Å². The first kappa shape index (κ1) is 13.3. The van der Waals surface area contributed by atoms with Gasteiger partial charge in [-0.05, 0) is 12.8 Å². The maximum absolute atomic E-state index is 5.06. The van der Waals surface area contributed by atoms with Crippen molar-refractivity contribution in [2.45, 2.75) is 33.2 Å². The van der Waals surface area contributed by atoms with Gasteiger partial charge in [0.1, 0.15) is 18.0 Å². The summed E-state index contributed by atoms with van der Waals surface area (Å²) in [6, 6.07) is 1.83. The molecular formula is C13H19N5O. The van der Waals surface area contributed by atoms with Gasteiger partial charge in [-0.1, -0.05) is 19.0 Å². The Hall–Kier alpha value is -2.11. The van der Waals surface area contributed by atoms with Gasteiger partial charge >= 0.3 is 0 Å². The van der Waals surface area contributed by atoms with Gasteiger partial charge in [-0.15, -0.1) is 0 Å². The first-order valence-electron chi connectivity index (χ1n) is 6.44. The second kappa shape index (κ2) is 6.17. The molecule has 0 amide bonds. The van der Waals surface area contributed by atoms with Gasteiger partial charge in [0.05, 0.1) is 12.7 Å². The normalized spacial score (nSPS) is 10.7. The highest BCUT2D eigenvalue weighted by molar-refractivity contribution is 5.58. The van der Waals surface area contributed by atoms with Gasteiger partial charge in [-0.2, -0.15) is 0 Å². The molecule has 0 spiro atoms. The molecule has 2 aromatic rings. The zero-order valence-electron chi connectivity index (χ0n) is 11.5. The summed E-state index contributed by atoms with van der Waals surface area (Å²) >= 11 is 0. The molecule has 0 radical (unpaired) electrons. The van der Waals surface area contributed by atoms with Crippen molar-refractivity contribution >= 4 is 11.6 Å². The Morgan fingerprint density at radius 2 is 1.95 bits per heavy atom. The average Bonchev–Trinajstić information content (AvgIpc) is 2.89. The summed E-state index contributed by atoms with van der Waals surface area (Å²) in [5.41, 5.74) is 1.09. The Bertz CT molecular complexity index is 510. The molecule has 0 fully saturated rings. The zero-order chi connectivity index (χ0) is 13.7. The van der Waals surface area contributed by atoms with Gasteiger partial charge < -0.3 is 15.2 Å². The van der Waals surface area contributed by atoms with E-state index in [-0.39, 0.29) is 0 Å². The molecule has 0 aliphatic heterocycles. The van der Waals surface area contributed by atoms with E-state index in [1.807, 2.05) is 13.0 Å². The fourth-order valence-corrected chi connectivity index (χ4v) is 1.90. The molecule has 6 nitrogen and oxygen atoms in total. The number of hydrogen-bond donors (Lipinski definition) is 2. The van der Waals surface area contributed by atoms with E-state index in [1.165, 1.54) is 0 Å². The van der Waals surface area contributed by atoms with Crippen molar-refractivity contribution in [2.24, 2.45) is 0 Å². The molecule has 102 valence electrons. The Balaban J connectivity index is 2.20. The molecule has 2 heterocycles. The molecule has 2 rings (SSSR count). The molecule has 0 saturated carbocycles. The van der Waals surface area contributed by atoms with E-state index in [2.05, 4.69) is 39.6 Å². The first-order valence-corrected chi connectivity index (χ1v) is 6.44. The van der Waals surface area contributed by atoms with Gasteiger partial charge in [0.2, 0.25) is 0 Å². The van der Waals surface area contributed by atoms with Crippen molar-refractivity contribution in [3.63, 3.8) is 0 Å². The number of nitrogens with one attached hydrogen (secondary N) is 2. The van der Waals surface area contributed by atoms with Crippen LogP contribution in [0.25, 0.3) is 0 Å². The van der Waals surface area contributed by atoms with E-state index in [4.69, 9.17) is 4.52 Å². The molecule has 0 unspecified atom stereocenters. The lowest BCUT2D eigenvalue weighted by atomic mass is 10.0. The molecule has 0 aliphatic carbocycles. The number of rotatable bonds is 6. The smallest absolute Gasteiger partial charge is 0.155 e. The second-order valence-electron chi connectivity index (χ2n) is 4.50. The van der Waals surface area contributed by atoms with Crippen LogP contribution in [0.5, 0.6) is 0 Å². The third-order valence-electron chi connectivity index (χ3n) is 2.73. The Kier molecular flexibility index (Phi) is 4.33. The Labute approximate surface area is 112 Å². The van der Waals surface area contributed by atoms with Crippen LogP contribution in [-0.4, -0.2) is 21.7 Å². The van der Waals surface area contributed by atoms with Crippen LogP contribution in [0.1, 0.15) is 38.0 Å². The van der Waals surface area contributed by atoms with E-state index in [0.29, 0.717) is 12.5 Å². The zero-order valence-corrected chi connectivity index (χ0v) is 11.5. The van der Waals surface area contributed by atoms with Gasteiger partial charge in [-0.3, -0.25) is 0 Å². The summed E-state index contributed by atoms with van der Waals surface area (Å²) < 4.78 is 5.06. The van der Waals surface area contributed by atoms with Crippen molar-refractivity contribution in [1.29, 1.82) is 0 Å². The van der Waals surface area contributed by atoms with Gasteiger partial charge in [0.15, 0.2) is 5.76 Å². The monoisotopic (exact) mass is 261 g/mol. The van der Waals surface area contributed by atoms with Crippen molar-refractivity contribution in [3.8, 4) is 0 Å². The minimum absolute atomic E-state index is 0.326. The quantitative estimate of drug-likeness (QED) is 0.832. The van der Waals surface area contributed by atoms with E-state index < -0.39 is 0 Å². The Morgan fingerprint density at radius 3 is 2.53 bits per heavy atom. The van der Waals surface area contributed by atoms with Gasteiger partial charge in [0.25, 0.3) is 0 Å². The highest BCUT2D eigenvalue weighted by Gasteiger charge is 2.14. The predicted molar refractivity (Wildman–Crippen MR) is 74.1 cm³/mol. The summed E-state index contributed by atoms with van der Waals surface area (Å²) in [5.74, 6) is 2.82. The summed E-state index contributed by atoms with van der Waals surface area (Å²) in [4.78, 5) is 8.62. The third kappa shape index (κ3) is 3.21. The third-order valence-corrected chi connectivity index (χ3v) is 2.73. The number of nitrogens with zero attached hydrogens (tertiary/aromatic N) is 3. The lowest BCUT2D eigenvalue weighted by Crippen LogP contribution is -2.11. The molecule has 2 N–H and O–H groups in total. The fraction of sp³-hybridized carbons (Fsp3) is 0.462. The fourth-order valence-electron chi connectivity index (χ4n) is 1.90. The summed E-state index contributed by atoms with van der Waals surface area (Å²) in [7, 11) is 0. The minimum Gasteiger partial charge on any atom is -0.370 e. The molecule has 19 heavy (non-hydrogen) atoms. The van der Waals surface area contributed by atoms with Crippen LogP contribution in [0.15, 0.2) is 23.1 Å². The molecule has 0 bridgehead atoms. The molecule has 0 saturated heterocycles. The van der Waals surface area contributed by atoms with Crippen LogP contribution < -0.4 is 10.6 Å². The lowest BCUT2D eigenvalue weighted by Gasteiger charge is -2.16. The maximum Gasteiger partial charge on any atom is 0.155 e. The van der Waals surface area contributed by atoms with Crippen LogP contribution >= 0.6 is 0 Å². The second-order valence-corrected chi connectivity index (χ2v) is 4.50. The standard InChI is InChI=1S/C13H19N5O/c1-4-14-12-11(9(2)3)13(17-8-16-12)15-7-10-5-6-18-19-10/h5-6,8-9H,4,7H2,1-3H3,(H2,14,15,16,17). The van der Waals surface area contributed by atoms with Crippen LogP contribution in [-0.2, 0) is 6.54 Å². The van der Waals surface area contributed by atoms with Crippen molar-refractivity contribution < 1.29 is 4.52 Å². The van der Waals surface area contributed by atoms with E-state index >= 15 is 0 Å². The predicted octanol–water partition coefficient (Wildman–Crippen LogP) is 2.63. The van der Waals surface area contributed by atoms with Crippen molar-refractivity contribution in [3.05, 3.63) is 29.9 Å². The number of hydrogen-bond acceptors (Lipinski definition) is 6. The van der Waals surface area contributed by atoms with E-state index in [9.17, 15) is 0 Å². The van der Waals surface area contributed by atoms with Crippen LogP contribution in [0.2, 0.25) is 0 Å². The summed E-state index contributed by atoms with van der Waals surface area (Å²) in [5, 5.41) is 10.2. The average molecular weight is 261 g/mol. The highest BCUT2D eigenvalue weighted by Crippen LogP contribution is 2.28. The number of anilines is 2. The molecule has 0 aliphatic rings. The van der Waals surface area contributed by atoms with Crippen LogP contribution in [0.4, 0.5) is 11.6 Å². The highest BCUT2D eigenvalue weighted by atomic mass is 16.5. The summed E-state index contributed by atoms with van der Waals surface area (Å²) in [6.45, 7) is 7.69. The maximum atomic E-state index is 5.06. The molecular weight excluding hydrogens is 242 g/mol. The van der Waals surface area contributed by atoms with Crippen molar-refractivity contribution in [2.75, 3.05) is 17.2 Å². The van der Waals surface area contributed by atoms with Crippen LogP contribution in [0.3, 0.4) is 0 Å². The number of aromatic nitrogens is 3. The molecule has 0 aromatic carbocycles. The van der Waals surface area contributed by atoms with Crippen molar-refractivity contribution in [1.82, 2.24) is 15.1 Å². The van der Waals surface area contributed by atoms with E-state index in [0.717, 1.165) is 29.5 Å². The molecule has 6 heteroatoms.